The van der Waals surface area contributed by atoms with E-state index < -0.39 is 6.10 Å². The molecule has 10 heavy (non-hydrogen) atoms. The van der Waals surface area contributed by atoms with Crippen LogP contribution in [0.15, 0.2) is 0 Å². The van der Waals surface area contributed by atoms with E-state index in [1.807, 2.05) is 0 Å². The van der Waals surface area contributed by atoms with Gasteiger partial charge in [0.05, 0.1) is 0 Å². The fraction of sp³-hybridized carbons (Fsp3) is 0.833. The van der Waals surface area contributed by atoms with E-state index in [2.05, 4.69) is 5.43 Å². The van der Waals surface area contributed by atoms with Gasteiger partial charge in [0.25, 0.3) is 0 Å². The Balaban J connectivity index is 3.71. The van der Waals surface area contributed by atoms with Gasteiger partial charge in [-0.2, -0.15) is 0 Å². The van der Waals surface area contributed by atoms with Crippen LogP contribution in [0, 0.1) is 5.92 Å². The first-order valence-corrected chi connectivity index (χ1v) is 3.24. The number of hydrazine groups is 1. The van der Waals surface area contributed by atoms with Gasteiger partial charge in [-0.1, -0.05) is 13.8 Å². The van der Waals surface area contributed by atoms with Crippen LogP contribution in [0.3, 0.4) is 0 Å². The molecule has 0 aromatic heterocycles. The van der Waals surface area contributed by atoms with Gasteiger partial charge in [-0.25, -0.2) is 0 Å². The fourth-order valence-corrected chi connectivity index (χ4v) is 0.597. The highest BCUT2D eigenvalue weighted by atomic mass is 16.3. The van der Waals surface area contributed by atoms with Crippen LogP contribution in [0.2, 0.25) is 0 Å². The summed E-state index contributed by atoms with van der Waals surface area (Å²) in [6.07, 6.45) is -0.968. The molecule has 0 bridgehead atoms. The lowest BCUT2D eigenvalue weighted by atomic mass is 10.0. The average molecular weight is 146 g/mol. The Morgan fingerprint density at radius 2 is 2.20 bits per heavy atom. The predicted molar refractivity (Wildman–Crippen MR) is 38.0 cm³/mol. The topological polar surface area (TPSA) is 75.3 Å². The summed E-state index contributed by atoms with van der Waals surface area (Å²) in [6.45, 7) is 3.60. The molecular weight excluding hydrogens is 132 g/mol. The number of hydrogen-bond acceptors (Lipinski definition) is 4. The average Bonchev–Trinajstić information content (AvgIpc) is 1.87. The number of carbonyl (C=O) groups excluding carboxylic acids is 1. The van der Waals surface area contributed by atoms with Gasteiger partial charge in [0.15, 0.2) is 5.78 Å². The number of aliphatic hydroxyl groups is 1. The quantitative estimate of drug-likeness (QED) is 0.352. The zero-order valence-electron chi connectivity index (χ0n) is 6.29. The molecule has 1 atom stereocenters. The molecule has 0 aromatic carbocycles. The third-order valence-electron chi connectivity index (χ3n) is 1.21. The molecule has 0 aliphatic rings. The Bertz CT molecular complexity index is 114. The van der Waals surface area contributed by atoms with Gasteiger partial charge >= 0.3 is 0 Å². The number of ketones is 1. The Morgan fingerprint density at radius 3 is 2.50 bits per heavy atom. The Hall–Kier alpha value is -0.450. The number of hydrogen-bond donors (Lipinski definition) is 3. The van der Waals surface area contributed by atoms with Crippen molar-refractivity contribution in [3.63, 3.8) is 0 Å². The monoisotopic (exact) mass is 146 g/mol. The zero-order chi connectivity index (χ0) is 8.15. The van der Waals surface area contributed by atoms with Crippen molar-refractivity contribution in [3.05, 3.63) is 0 Å². The van der Waals surface area contributed by atoms with Gasteiger partial charge in [-0.3, -0.25) is 16.1 Å². The van der Waals surface area contributed by atoms with E-state index in [1.165, 1.54) is 0 Å². The normalized spacial score (nSPS) is 13.7. The van der Waals surface area contributed by atoms with Crippen LogP contribution < -0.4 is 11.3 Å². The van der Waals surface area contributed by atoms with Gasteiger partial charge in [0.2, 0.25) is 0 Å². The molecule has 0 saturated carbocycles. The Labute approximate surface area is 60.4 Å². The number of carbonyl (C=O) groups is 1. The first-order chi connectivity index (χ1) is 4.59. The summed E-state index contributed by atoms with van der Waals surface area (Å²) in [5.41, 5.74) is 2.23. The van der Waals surface area contributed by atoms with Crippen LogP contribution in [0.1, 0.15) is 13.8 Å². The van der Waals surface area contributed by atoms with Crippen LogP contribution in [-0.2, 0) is 4.79 Å². The Kier molecular flexibility index (Phi) is 4.18. The van der Waals surface area contributed by atoms with Crippen LogP contribution in [0.5, 0.6) is 0 Å². The number of nitrogens with one attached hydrogen (secondary N) is 1. The second-order valence-corrected chi connectivity index (χ2v) is 2.48. The lowest BCUT2D eigenvalue weighted by Crippen LogP contribution is -2.38. The van der Waals surface area contributed by atoms with Gasteiger partial charge in [-0.05, 0) is 0 Å². The summed E-state index contributed by atoms with van der Waals surface area (Å²) < 4.78 is 0. The van der Waals surface area contributed by atoms with Crippen LogP contribution >= 0.6 is 0 Å². The summed E-state index contributed by atoms with van der Waals surface area (Å²) in [7, 11) is 0. The molecule has 4 heteroatoms. The molecule has 0 aromatic rings. The van der Waals surface area contributed by atoms with E-state index in [1.54, 1.807) is 13.8 Å². The Morgan fingerprint density at radius 1 is 1.70 bits per heavy atom. The van der Waals surface area contributed by atoms with Crippen molar-refractivity contribution in [1.29, 1.82) is 0 Å². The molecule has 0 spiro atoms. The summed E-state index contributed by atoms with van der Waals surface area (Å²) >= 11 is 0. The molecule has 60 valence electrons. The van der Waals surface area contributed by atoms with E-state index in [0.717, 1.165) is 0 Å². The highest BCUT2D eigenvalue weighted by Gasteiger charge is 2.16. The lowest BCUT2D eigenvalue weighted by Gasteiger charge is -2.10. The van der Waals surface area contributed by atoms with Crippen LogP contribution in [0.4, 0.5) is 0 Å². The summed E-state index contributed by atoms with van der Waals surface area (Å²) in [6, 6.07) is 0. The number of aliphatic hydroxyl groups excluding tert-OH is 1. The lowest BCUT2D eigenvalue weighted by molar-refractivity contribution is -0.129. The smallest absolute Gasteiger partial charge is 0.165 e. The maximum absolute atomic E-state index is 10.9. The van der Waals surface area contributed by atoms with Crippen molar-refractivity contribution in [2.75, 3.05) is 6.54 Å². The van der Waals surface area contributed by atoms with Crippen LogP contribution in [-0.4, -0.2) is 23.5 Å². The van der Waals surface area contributed by atoms with Gasteiger partial charge in [0.1, 0.15) is 6.10 Å². The second-order valence-electron chi connectivity index (χ2n) is 2.48. The molecule has 0 aliphatic heterocycles. The minimum absolute atomic E-state index is 0.122. The number of Topliss-reactive ketones (excluding diaryl/α,β-unsaturated/α-hetero) is 1. The fourth-order valence-electron chi connectivity index (χ4n) is 0.597. The molecule has 0 unspecified atom stereocenters. The predicted octanol–water partition coefficient (Wildman–Crippen LogP) is -0.964. The van der Waals surface area contributed by atoms with Crippen LogP contribution in [0.25, 0.3) is 0 Å². The number of nitrogens with two attached hydrogens (primary N) is 1. The molecular formula is C6H14N2O2. The molecule has 4 nitrogen and oxygen atoms in total. The van der Waals surface area contributed by atoms with Gasteiger partial charge < -0.3 is 5.11 Å². The standard InChI is InChI=1S/C6H14N2O2/c1-4(2)6(10)5(9)3-8-7/h4-5,8-9H,3,7H2,1-2H3/t5-/m0/s1. The van der Waals surface area contributed by atoms with E-state index >= 15 is 0 Å². The number of rotatable bonds is 4. The van der Waals surface area contributed by atoms with Crippen molar-refractivity contribution in [1.82, 2.24) is 5.43 Å². The summed E-state index contributed by atoms with van der Waals surface area (Å²) in [4.78, 5) is 10.9. The zero-order valence-corrected chi connectivity index (χ0v) is 6.29. The summed E-state index contributed by atoms with van der Waals surface area (Å²) in [5, 5.41) is 9.00. The van der Waals surface area contributed by atoms with E-state index in [0.29, 0.717) is 0 Å². The van der Waals surface area contributed by atoms with E-state index in [9.17, 15) is 4.79 Å². The van der Waals surface area contributed by atoms with Crippen molar-refractivity contribution in [3.8, 4) is 0 Å². The third-order valence-corrected chi connectivity index (χ3v) is 1.21. The minimum Gasteiger partial charge on any atom is -0.384 e. The SMILES string of the molecule is CC(C)C(=O)[C@@H](O)CNN. The second kappa shape index (κ2) is 4.38. The first kappa shape index (κ1) is 9.55. The molecule has 4 N–H and O–H groups in total. The molecule has 0 rings (SSSR count). The largest absolute Gasteiger partial charge is 0.384 e. The van der Waals surface area contributed by atoms with Crippen molar-refractivity contribution >= 4 is 5.78 Å². The molecule has 0 heterocycles. The minimum atomic E-state index is -0.968. The maximum Gasteiger partial charge on any atom is 0.165 e. The molecule has 0 radical (unpaired) electrons. The highest BCUT2D eigenvalue weighted by molar-refractivity contribution is 5.84. The molecule has 0 saturated heterocycles. The molecule has 0 aliphatic carbocycles. The summed E-state index contributed by atoms with van der Waals surface area (Å²) in [5.74, 6) is 4.59. The first-order valence-electron chi connectivity index (χ1n) is 3.24. The molecule has 0 amide bonds. The van der Waals surface area contributed by atoms with Gasteiger partial charge in [-0.15, -0.1) is 0 Å². The van der Waals surface area contributed by atoms with Crippen molar-refractivity contribution < 1.29 is 9.90 Å². The van der Waals surface area contributed by atoms with Crippen molar-refractivity contribution in [2.45, 2.75) is 20.0 Å². The molecule has 0 fully saturated rings. The highest BCUT2D eigenvalue weighted by Crippen LogP contribution is 1.97. The third kappa shape index (κ3) is 2.91. The van der Waals surface area contributed by atoms with E-state index in [4.69, 9.17) is 10.9 Å². The van der Waals surface area contributed by atoms with E-state index in [-0.39, 0.29) is 18.2 Å². The van der Waals surface area contributed by atoms with Gasteiger partial charge in [0, 0.05) is 12.5 Å². The maximum atomic E-state index is 10.9. The van der Waals surface area contributed by atoms with Crippen molar-refractivity contribution in [2.24, 2.45) is 11.8 Å².